The number of alkyl halides is 3. The lowest BCUT2D eigenvalue weighted by Crippen LogP contribution is -2.26. The van der Waals surface area contributed by atoms with E-state index in [4.69, 9.17) is 11.5 Å². The van der Waals surface area contributed by atoms with Crippen molar-refractivity contribution in [2.75, 3.05) is 29.0 Å². The minimum atomic E-state index is -4.50. The molecule has 166 valence electrons. The number of amides is 1. The van der Waals surface area contributed by atoms with Crippen molar-refractivity contribution in [1.29, 1.82) is 0 Å². The molecular formula is C21H25F3N6O. The second-order valence-corrected chi connectivity index (χ2v) is 8.24. The minimum Gasteiger partial charge on any atom is -0.399 e. The topological polar surface area (TPSA) is 110 Å². The monoisotopic (exact) mass is 434 g/mol. The Hall–Kier alpha value is -3.04. The van der Waals surface area contributed by atoms with Crippen molar-refractivity contribution >= 4 is 29.0 Å². The second kappa shape index (κ2) is 8.24. The van der Waals surface area contributed by atoms with Gasteiger partial charge in [-0.15, -0.1) is 0 Å². The van der Waals surface area contributed by atoms with Crippen LogP contribution in [0.25, 0.3) is 0 Å². The van der Waals surface area contributed by atoms with Gasteiger partial charge in [0, 0.05) is 36.4 Å². The maximum absolute atomic E-state index is 13.2. The fraction of sp³-hybridized carbons (Fsp3) is 0.476. The van der Waals surface area contributed by atoms with Gasteiger partial charge in [-0.3, -0.25) is 4.79 Å². The number of nitrogens with zero attached hydrogens (tertiary/aromatic N) is 3. The third-order valence-electron chi connectivity index (χ3n) is 5.78. The van der Waals surface area contributed by atoms with Crippen LogP contribution in [0.15, 0.2) is 18.2 Å². The van der Waals surface area contributed by atoms with E-state index in [1.165, 1.54) is 6.07 Å². The Kier molecular flexibility index (Phi) is 5.63. The first-order valence-electron chi connectivity index (χ1n) is 10.4. The quantitative estimate of drug-likeness (QED) is 0.622. The fourth-order valence-corrected chi connectivity index (χ4v) is 4.38. The molecular weight excluding hydrogens is 409 g/mol. The SMILES string of the molecule is NC(=O)CC1CCN(c2nc(Nc3cc(N)cc(C(F)(F)F)c3)nc3c2CCCC3)C1. The summed E-state index contributed by atoms with van der Waals surface area (Å²) < 4.78 is 39.5. The summed E-state index contributed by atoms with van der Waals surface area (Å²) in [5.41, 5.74) is 12.4. The molecule has 1 saturated heterocycles. The Balaban J connectivity index is 1.65. The van der Waals surface area contributed by atoms with E-state index in [0.717, 1.165) is 67.9 Å². The number of benzene rings is 1. The summed E-state index contributed by atoms with van der Waals surface area (Å²) >= 11 is 0. The molecule has 5 N–H and O–H groups in total. The van der Waals surface area contributed by atoms with Gasteiger partial charge in [0.2, 0.25) is 11.9 Å². The number of nitrogens with two attached hydrogens (primary N) is 2. The molecule has 2 aromatic rings. The Morgan fingerprint density at radius 3 is 2.71 bits per heavy atom. The van der Waals surface area contributed by atoms with Gasteiger partial charge >= 0.3 is 6.18 Å². The Bertz CT molecular complexity index is 994. The number of hydrogen-bond donors (Lipinski definition) is 3. The molecule has 1 fully saturated rings. The summed E-state index contributed by atoms with van der Waals surface area (Å²) in [7, 11) is 0. The number of primary amides is 1. The van der Waals surface area contributed by atoms with E-state index < -0.39 is 11.7 Å². The zero-order chi connectivity index (χ0) is 22.2. The molecule has 1 atom stereocenters. The molecule has 1 aliphatic heterocycles. The number of halogens is 3. The van der Waals surface area contributed by atoms with Crippen molar-refractivity contribution in [1.82, 2.24) is 9.97 Å². The number of nitrogen functional groups attached to an aromatic ring is 1. The van der Waals surface area contributed by atoms with E-state index in [1.54, 1.807) is 0 Å². The molecule has 0 spiro atoms. The van der Waals surface area contributed by atoms with Crippen molar-refractivity contribution in [3.05, 3.63) is 35.0 Å². The number of fused-ring (bicyclic) bond motifs is 1. The van der Waals surface area contributed by atoms with E-state index >= 15 is 0 Å². The van der Waals surface area contributed by atoms with Crippen molar-refractivity contribution in [2.24, 2.45) is 11.7 Å². The van der Waals surface area contributed by atoms with Gasteiger partial charge in [0.25, 0.3) is 0 Å². The maximum Gasteiger partial charge on any atom is 0.416 e. The van der Waals surface area contributed by atoms with E-state index in [2.05, 4.69) is 20.2 Å². The van der Waals surface area contributed by atoms with Crippen LogP contribution in [0, 0.1) is 5.92 Å². The summed E-state index contributed by atoms with van der Waals surface area (Å²) in [6.07, 6.45) is 0.371. The van der Waals surface area contributed by atoms with Crippen LogP contribution < -0.4 is 21.7 Å². The van der Waals surface area contributed by atoms with E-state index in [1.807, 2.05) is 0 Å². The number of hydrogen-bond acceptors (Lipinski definition) is 6. The van der Waals surface area contributed by atoms with E-state index in [-0.39, 0.29) is 29.1 Å². The summed E-state index contributed by atoms with van der Waals surface area (Å²) in [6, 6.07) is 3.32. The fourth-order valence-electron chi connectivity index (χ4n) is 4.38. The van der Waals surface area contributed by atoms with Crippen LogP contribution in [-0.2, 0) is 23.8 Å². The molecule has 1 amide bonds. The number of anilines is 4. The number of aryl methyl sites for hydroxylation is 1. The molecule has 4 rings (SSSR count). The van der Waals surface area contributed by atoms with Crippen molar-refractivity contribution < 1.29 is 18.0 Å². The summed E-state index contributed by atoms with van der Waals surface area (Å²) in [4.78, 5) is 22.7. The van der Waals surface area contributed by atoms with Crippen LogP contribution in [-0.4, -0.2) is 29.0 Å². The first-order chi connectivity index (χ1) is 14.7. The molecule has 0 bridgehead atoms. The molecule has 2 heterocycles. The van der Waals surface area contributed by atoms with Crippen molar-refractivity contribution in [3.63, 3.8) is 0 Å². The number of rotatable bonds is 5. The van der Waals surface area contributed by atoms with Crippen LogP contribution in [0.1, 0.15) is 42.5 Å². The predicted molar refractivity (Wildman–Crippen MR) is 112 cm³/mol. The first kappa shape index (κ1) is 21.2. The number of carbonyl (C=O) groups is 1. The van der Waals surface area contributed by atoms with Gasteiger partial charge in [-0.25, -0.2) is 4.98 Å². The number of nitrogens with one attached hydrogen (secondary N) is 1. The summed E-state index contributed by atoms with van der Waals surface area (Å²) in [6.45, 7) is 1.42. The first-order valence-corrected chi connectivity index (χ1v) is 10.4. The third-order valence-corrected chi connectivity index (χ3v) is 5.78. The van der Waals surface area contributed by atoms with Gasteiger partial charge in [-0.1, -0.05) is 0 Å². The number of carbonyl (C=O) groups excluding carboxylic acids is 1. The molecule has 0 radical (unpaired) electrons. The zero-order valence-corrected chi connectivity index (χ0v) is 17.0. The largest absolute Gasteiger partial charge is 0.416 e. The second-order valence-electron chi connectivity index (χ2n) is 8.24. The summed E-state index contributed by atoms with van der Waals surface area (Å²) in [5.74, 6) is 0.888. The molecule has 10 heteroatoms. The predicted octanol–water partition coefficient (Wildman–Crippen LogP) is 3.40. The van der Waals surface area contributed by atoms with Gasteiger partial charge < -0.3 is 21.7 Å². The van der Waals surface area contributed by atoms with Gasteiger partial charge in [0.05, 0.1) is 11.3 Å². The third kappa shape index (κ3) is 4.83. The zero-order valence-electron chi connectivity index (χ0n) is 17.0. The van der Waals surface area contributed by atoms with Crippen LogP contribution in [0.2, 0.25) is 0 Å². The lowest BCUT2D eigenvalue weighted by Gasteiger charge is -2.25. The average molecular weight is 434 g/mol. The highest BCUT2D eigenvalue weighted by atomic mass is 19.4. The van der Waals surface area contributed by atoms with Crippen molar-refractivity contribution in [3.8, 4) is 0 Å². The van der Waals surface area contributed by atoms with E-state index in [9.17, 15) is 18.0 Å². The Labute approximate surface area is 178 Å². The van der Waals surface area contributed by atoms with Crippen LogP contribution in [0.4, 0.5) is 36.3 Å². The molecule has 0 saturated carbocycles. The Morgan fingerprint density at radius 2 is 1.97 bits per heavy atom. The highest BCUT2D eigenvalue weighted by Crippen LogP contribution is 2.35. The Morgan fingerprint density at radius 1 is 1.19 bits per heavy atom. The normalized spacial score (nSPS) is 18.7. The molecule has 1 aliphatic carbocycles. The van der Waals surface area contributed by atoms with Crippen LogP contribution in [0.5, 0.6) is 0 Å². The van der Waals surface area contributed by atoms with Gasteiger partial charge in [-0.05, 0) is 56.2 Å². The van der Waals surface area contributed by atoms with Gasteiger partial charge in [0.1, 0.15) is 5.82 Å². The lowest BCUT2D eigenvalue weighted by molar-refractivity contribution is -0.137. The standard InChI is InChI=1S/C21H25F3N6O/c22-21(23,24)13-8-14(25)10-15(9-13)27-20-28-17-4-2-1-3-16(17)19(29-20)30-6-5-12(11-30)7-18(26)31/h8-10,12H,1-7,11,25H2,(H2,26,31)(H,27,28,29). The average Bonchev–Trinajstić information content (AvgIpc) is 3.14. The van der Waals surface area contributed by atoms with Crippen LogP contribution in [0.3, 0.4) is 0 Å². The number of aromatic nitrogens is 2. The smallest absolute Gasteiger partial charge is 0.399 e. The molecule has 2 aliphatic rings. The lowest BCUT2D eigenvalue weighted by atomic mass is 9.96. The molecule has 1 aromatic carbocycles. The maximum atomic E-state index is 13.2. The van der Waals surface area contributed by atoms with E-state index in [0.29, 0.717) is 13.0 Å². The molecule has 1 aromatic heterocycles. The molecule has 1 unspecified atom stereocenters. The van der Waals surface area contributed by atoms with Crippen LogP contribution >= 0.6 is 0 Å². The highest BCUT2D eigenvalue weighted by Gasteiger charge is 2.32. The van der Waals surface area contributed by atoms with Crippen molar-refractivity contribution in [2.45, 2.75) is 44.7 Å². The van der Waals surface area contributed by atoms with Gasteiger partial charge in [0.15, 0.2) is 0 Å². The highest BCUT2D eigenvalue weighted by molar-refractivity contribution is 5.74. The molecule has 31 heavy (non-hydrogen) atoms. The van der Waals surface area contributed by atoms with Gasteiger partial charge in [-0.2, -0.15) is 18.2 Å². The minimum absolute atomic E-state index is 0.00402. The summed E-state index contributed by atoms with van der Waals surface area (Å²) in [5, 5.41) is 2.91. The molecule has 7 nitrogen and oxygen atoms in total.